The van der Waals surface area contributed by atoms with E-state index in [-0.39, 0.29) is 5.97 Å². The summed E-state index contributed by atoms with van der Waals surface area (Å²) in [6, 6.07) is 6.17. The fraction of sp³-hybridized carbons (Fsp3) is 0.471. The number of aromatic nitrogens is 1. The van der Waals surface area contributed by atoms with Crippen LogP contribution in [0.1, 0.15) is 48.9 Å². The number of carbonyl (C=O) groups is 1. The summed E-state index contributed by atoms with van der Waals surface area (Å²) in [5.41, 5.74) is 5.03. The zero-order valence-corrected chi connectivity index (χ0v) is 12.2. The molecule has 0 radical (unpaired) electrons. The molecule has 3 rings (SSSR count). The van der Waals surface area contributed by atoms with Crippen molar-refractivity contribution in [2.24, 2.45) is 0 Å². The third-order valence-corrected chi connectivity index (χ3v) is 4.42. The van der Waals surface area contributed by atoms with E-state index >= 15 is 0 Å². The standard InChI is InChI=1S/C17H21NO2/c1-11-6-3-4-8-13-16-12(10-15(19)20-2)7-5-9-14(16)18-17(11)13/h5,7,9,11,18H,3-4,6,8,10H2,1-2H3. The van der Waals surface area contributed by atoms with E-state index in [9.17, 15) is 4.79 Å². The molecule has 0 spiro atoms. The molecule has 0 amide bonds. The summed E-state index contributed by atoms with van der Waals surface area (Å²) in [5, 5.41) is 1.25. The monoisotopic (exact) mass is 271 g/mol. The summed E-state index contributed by atoms with van der Waals surface area (Å²) < 4.78 is 4.82. The molecule has 20 heavy (non-hydrogen) atoms. The highest BCUT2D eigenvalue weighted by Gasteiger charge is 2.21. The van der Waals surface area contributed by atoms with Crippen molar-refractivity contribution in [1.29, 1.82) is 0 Å². The van der Waals surface area contributed by atoms with Crippen molar-refractivity contribution in [3.8, 4) is 0 Å². The minimum Gasteiger partial charge on any atom is -0.469 e. The van der Waals surface area contributed by atoms with Gasteiger partial charge in [-0.25, -0.2) is 0 Å². The Kier molecular flexibility index (Phi) is 3.51. The fourth-order valence-electron chi connectivity index (χ4n) is 3.37. The van der Waals surface area contributed by atoms with Crippen LogP contribution in [0.3, 0.4) is 0 Å². The van der Waals surface area contributed by atoms with Crippen molar-refractivity contribution in [2.75, 3.05) is 7.11 Å². The third kappa shape index (κ3) is 2.21. The van der Waals surface area contributed by atoms with Crippen molar-refractivity contribution in [1.82, 2.24) is 4.98 Å². The first kappa shape index (κ1) is 13.2. The molecule has 2 aromatic rings. The molecule has 1 aliphatic rings. The smallest absolute Gasteiger partial charge is 0.310 e. The summed E-state index contributed by atoms with van der Waals surface area (Å²) in [4.78, 5) is 15.2. The van der Waals surface area contributed by atoms with Gasteiger partial charge in [0.05, 0.1) is 13.5 Å². The molecule has 0 aliphatic heterocycles. The Balaban J connectivity index is 2.15. The highest BCUT2D eigenvalue weighted by atomic mass is 16.5. The Morgan fingerprint density at radius 3 is 3.05 bits per heavy atom. The molecular formula is C17H21NO2. The second-order valence-corrected chi connectivity index (χ2v) is 5.76. The quantitative estimate of drug-likeness (QED) is 0.668. The highest BCUT2D eigenvalue weighted by molar-refractivity contribution is 5.91. The number of hydrogen-bond donors (Lipinski definition) is 1. The zero-order valence-electron chi connectivity index (χ0n) is 12.2. The van der Waals surface area contributed by atoms with Crippen LogP contribution in [0.25, 0.3) is 10.9 Å². The van der Waals surface area contributed by atoms with Crippen molar-refractivity contribution < 1.29 is 9.53 Å². The molecule has 1 atom stereocenters. The molecule has 0 fully saturated rings. The van der Waals surface area contributed by atoms with E-state index in [0.717, 1.165) is 17.5 Å². The van der Waals surface area contributed by atoms with E-state index in [1.54, 1.807) is 0 Å². The molecule has 3 heteroatoms. The maximum Gasteiger partial charge on any atom is 0.310 e. The average Bonchev–Trinajstić information content (AvgIpc) is 2.74. The number of esters is 1. The fourth-order valence-corrected chi connectivity index (χ4v) is 3.37. The number of ether oxygens (including phenoxy) is 1. The Bertz CT molecular complexity index is 642. The normalized spacial score (nSPS) is 18.6. The predicted molar refractivity (Wildman–Crippen MR) is 80.0 cm³/mol. The Hall–Kier alpha value is -1.77. The van der Waals surface area contributed by atoms with E-state index in [0.29, 0.717) is 12.3 Å². The van der Waals surface area contributed by atoms with E-state index in [1.807, 2.05) is 12.1 Å². The van der Waals surface area contributed by atoms with Crippen LogP contribution in [0.5, 0.6) is 0 Å². The Labute approximate surface area is 119 Å². The number of nitrogens with one attached hydrogen (secondary N) is 1. The first-order chi connectivity index (χ1) is 9.70. The molecule has 3 nitrogen and oxygen atoms in total. The van der Waals surface area contributed by atoms with Crippen LogP contribution in [0.15, 0.2) is 18.2 Å². The second-order valence-electron chi connectivity index (χ2n) is 5.76. The predicted octanol–water partition coefficient (Wildman–Crippen LogP) is 3.71. The van der Waals surface area contributed by atoms with Crippen molar-refractivity contribution in [3.63, 3.8) is 0 Å². The maximum atomic E-state index is 11.6. The van der Waals surface area contributed by atoms with Gasteiger partial charge in [0.15, 0.2) is 0 Å². The van der Waals surface area contributed by atoms with Crippen LogP contribution in [-0.4, -0.2) is 18.1 Å². The van der Waals surface area contributed by atoms with E-state index in [4.69, 9.17) is 4.74 Å². The molecular weight excluding hydrogens is 250 g/mol. The summed E-state index contributed by atoms with van der Waals surface area (Å²) in [5.74, 6) is 0.403. The maximum absolute atomic E-state index is 11.6. The summed E-state index contributed by atoms with van der Waals surface area (Å²) >= 11 is 0. The second kappa shape index (κ2) is 5.31. The number of fused-ring (bicyclic) bond motifs is 3. The SMILES string of the molecule is COC(=O)Cc1cccc2[nH]c3c(c12)CCCCC3C. The number of aryl methyl sites for hydroxylation is 1. The van der Waals surface area contributed by atoms with Gasteiger partial charge in [0.1, 0.15) is 0 Å². The lowest BCUT2D eigenvalue weighted by Crippen LogP contribution is -2.05. The summed E-state index contributed by atoms with van der Waals surface area (Å²) in [6.07, 6.45) is 5.22. The lowest BCUT2D eigenvalue weighted by atomic mass is 9.97. The Morgan fingerprint density at radius 1 is 1.40 bits per heavy atom. The van der Waals surface area contributed by atoms with Gasteiger partial charge in [0.2, 0.25) is 0 Å². The molecule has 1 N–H and O–H groups in total. The van der Waals surface area contributed by atoms with Crippen molar-refractivity contribution in [3.05, 3.63) is 35.0 Å². The van der Waals surface area contributed by atoms with Crippen LogP contribution in [0.4, 0.5) is 0 Å². The van der Waals surface area contributed by atoms with Crippen LogP contribution in [-0.2, 0) is 22.4 Å². The largest absolute Gasteiger partial charge is 0.469 e. The minimum atomic E-state index is -0.172. The molecule has 0 saturated carbocycles. The molecule has 1 unspecified atom stereocenters. The van der Waals surface area contributed by atoms with Crippen LogP contribution >= 0.6 is 0 Å². The van der Waals surface area contributed by atoms with Crippen molar-refractivity contribution >= 4 is 16.9 Å². The van der Waals surface area contributed by atoms with Gasteiger partial charge in [0, 0.05) is 16.6 Å². The lowest BCUT2D eigenvalue weighted by molar-refractivity contribution is -0.139. The van der Waals surface area contributed by atoms with Crippen LogP contribution in [0.2, 0.25) is 0 Å². The number of carbonyl (C=O) groups excluding carboxylic acids is 1. The van der Waals surface area contributed by atoms with Gasteiger partial charge in [-0.3, -0.25) is 4.79 Å². The van der Waals surface area contributed by atoms with Gasteiger partial charge in [-0.2, -0.15) is 0 Å². The van der Waals surface area contributed by atoms with Gasteiger partial charge in [-0.15, -0.1) is 0 Å². The van der Waals surface area contributed by atoms with E-state index in [1.165, 1.54) is 43.0 Å². The molecule has 0 bridgehead atoms. The van der Waals surface area contributed by atoms with Crippen molar-refractivity contribution in [2.45, 2.75) is 44.9 Å². The van der Waals surface area contributed by atoms with Gasteiger partial charge in [-0.05, 0) is 42.4 Å². The zero-order chi connectivity index (χ0) is 14.1. The Morgan fingerprint density at radius 2 is 2.25 bits per heavy atom. The van der Waals surface area contributed by atoms with Gasteiger partial charge in [-0.1, -0.05) is 25.5 Å². The summed E-state index contributed by atoms with van der Waals surface area (Å²) in [7, 11) is 1.45. The number of rotatable bonds is 2. The molecule has 106 valence electrons. The van der Waals surface area contributed by atoms with Crippen LogP contribution in [0, 0.1) is 0 Å². The molecule has 1 aromatic heterocycles. The topological polar surface area (TPSA) is 42.1 Å². The van der Waals surface area contributed by atoms with E-state index < -0.39 is 0 Å². The number of benzene rings is 1. The lowest BCUT2D eigenvalue weighted by Gasteiger charge is -2.07. The first-order valence-corrected chi connectivity index (χ1v) is 7.40. The minimum absolute atomic E-state index is 0.172. The molecule has 1 heterocycles. The average molecular weight is 271 g/mol. The summed E-state index contributed by atoms with van der Waals surface area (Å²) in [6.45, 7) is 2.29. The van der Waals surface area contributed by atoms with Gasteiger partial charge < -0.3 is 9.72 Å². The molecule has 0 saturated heterocycles. The van der Waals surface area contributed by atoms with E-state index in [2.05, 4.69) is 18.0 Å². The molecule has 1 aromatic carbocycles. The highest BCUT2D eigenvalue weighted by Crippen LogP contribution is 2.36. The first-order valence-electron chi connectivity index (χ1n) is 7.40. The number of methoxy groups -OCH3 is 1. The van der Waals surface area contributed by atoms with Gasteiger partial charge >= 0.3 is 5.97 Å². The molecule has 1 aliphatic carbocycles. The van der Waals surface area contributed by atoms with Gasteiger partial charge in [0.25, 0.3) is 0 Å². The number of H-pyrrole nitrogens is 1. The number of hydrogen-bond acceptors (Lipinski definition) is 2. The third-order valence-electron chi connectivity index (χ3n) is 4.42. The number of aromatic amines is 1. The van der Waals surface area contributed by atoms with Crippen LogP contribution < -0.4 is 0 Å².